The van der Waals surface area contributed by atoms with Crippen molar-refractivity contribution in [2.75, 3.05) is 24.6 Å². The molecule has 0 aliphatic heterocycles. The minimum absolute atomic E-state index is 0. The predicted octanol–water partition coefficient (Wildman–Crippen LogP) is 11.7. The van der Waals surface area contributed by atoms with Crippen LogP contribution in [0.3, 0.4) is 0 Å². The van der Waals surface area contributed by atoms with Crippen LogP contribution in [0.15, 0.2) is 0 Å². The molecule has 0 heterocycles. The first-order chi connectivity index (χ1) is 13.8. The van der Waals surface area contributed by atoms with Crippen LogP contribution in [0.4, 0.5) is 0 Å². The fourth-order valence-corrected chi connectivity index (χ4v) is 6.37. The molecule has 1 atom stereocenters. The highest BCUT2D eigenvalue weighted by Crippen LogP contribution is 2.39. The predicted molar refractivity (Wildman–Crippen MR) is 168 cm³/mol. The largest absolute Gasteiger partial charge is 0.344 e. The number of rotatable bonds is 21. The smallest absolute Gasteiger partial charge is 0.0326 e. The number of hydrogen-bond acceptors (Lipinski definition) is 1. The standard InChI is InChI=1S/C24H51P.C2H7P.2BrH.H3N/c1-4-7-10-13-16-19-22-25(23-20-17-14-11-8-5-2)24-21-18-15-12-9-6-3;1-2-3;;;/h4-24H2,1-3H3;2-3H2,1H3;2*1H;1H3. The van der Waals surface area contributed by atoms with Crippen molar-refractivity contribution in [3.63, 3.8) is 0 Å². The Balaban J connectivity index is -0.000000353. The first-order valence-electron chi connectivity index (χ1n) is 13.2. The summed E-state index contributed by atoms with van der Waals surface area (Å²) in [5, 5.41) is 0. The Bertz CT molecular complexity index is 222. The van der Waals surface area contributed by atoms with Crippen LogP contribution in [0.5, 0.6) is 0 Å². The van der Waals surface area contributed by atoms with Crippen molar-refractivity contribution in [1.29, 1.82) is 0 Å². The molecule has 0 spiro atoms. The van der Waals surface area contributed by atoms with Crippen LogP contribution in [0.25, 0.3) is 0 Å². The van der Waals surface area contributed by atoms with E-state index < -0.39 is 0 Å². The average molecular weight is 612 g/mol. The van der Waals surface area contributed by atoms with Crippen molar-refractivity contribution >= 4 is 51.1 Å². The van der Waals surface area contributed by atoms with Gasteiger partial charge in [-0.2, -0.15) is 0 Å². The van der Waals surface area contributed by atoms with Crippen LogP contribution >= 0.6 is 51.1 Å². The highest BCUT2D eigenvalue weighted by Gasteiger charge is 2.07. The molecule has 5 heteroatoms. The van der Waals surface area contributed by atoms with Crippen molar-refractivity contribution < 1.29 is 0 Å². The summed E-state index contributed by atoms with van der Waals surface area (Å²) < 4.78 is 0. The average Bonchev–Trinajstić information content (AvgIpc) is 2.69. The topological polar surface area (TPSA) is 35.0 Å². The molecule has 0 bridgehead atoms. The van der Waals surface area contributed by atoms with E-state index in [0.717, 1.165) is 0 Å². The Morgan fingerprint density at radius 2 is 0.613 bits per heavy atom. The molecule has 0 saturated heterocycles. The highest BCUT2D eigenvalue weighted by atomic mass is 79.9. The van der Waals surface area contributed by atoms with Gasteiger partial charge in [0.05, 0.1) is 0 Å². The molecule has 0 aromatic heterocycles. The molecule has 0 aromatic rings. The van der Waals surface area contributed by atoms with Gasteiger partial charge in [0.15, 0.2) is 0 Å². The van der Waals surface area contributed by atoms with E-state index in [4.69, 9.17) is 0 Å². The van der Waals surface area contributed by atoms with E-state index in [1.807, 2.05) is 0 Å². The van der Waals surface area contributed by atoms with Crippen LogP contribution in [0.2, 0.25) is 0 Å². The second-order valence-electron chi connectivity index (χ2n) is 8.55. The van der Waals surface area contributed by atoms with E-state index in [1.165, 1.54) is 122 Å². The molecule has 0 rings (SSSR count). The normalized spacial score (nSPS) is 9.87. The highest BCUT2D eigenvalue weighted by molar-refractivity contribution is 8.93. The number of halogens is 2. The summed E-state index contributed by atoms with van der Waals surface area (Å²) in [4.78, 5) is 0. The first-order valence-corrected chi connectivity index (χ1v) is 15.9. The Kier molecular flexibility index (Phi) is 58.1. The van der Waals surface area contributed by atoms with Gasteiger partial charge in [0.25, 0.3) is 0 Å². The minimum atomic E-state index is 0. The molecule has 3 N–H and O–H groups in total. The van der Waals surface area contributed by atoms with Crippen molar-refractivity contribution in [1.82, 2.24) is 6.15 Å². The quantitative estimate of drug-likeness (QED) is 0.102. The van der Waals surface area contributed by atoms with Gasteiger partial charge in [-0.15, -0.1) is 51.1 Å². The summed E-state index contributed by atoms with van der Waals surface area (Å²) in [6, 6.07) is 0. The third-order valence-electron chi connectivity index (χ3n) is 5.48. The van der Waals surface area contributed by atoms with E-state index in [-0.39, 0.29) is 40.1 Å². The maximum atomic E-state index is 2.58. The van der Waals surface area contributed by atoms with Gasteiger partial charge < -0.3 is 6.15 Å². The fourth-order valence-electron chi connectivity index (χ4n) is 3.68. The lowest BCUT2D eigenvalue weighted by Gasteiger charge is -2.18. The molecule has 1 unspecified atom stereocenters. The lowest BCUT2D eigenvalue weighted by Crippen LogP contribution is -1.97. The fraction of sp³-hybridized carbons (Fsp3) is 1.00. The summed E-state index contributed by atoms with van der Waals surface area (Å²) in [7, 11) is 2.94. The molecule has 0 saturated carbocycles. The minimum Gasteiger partial charge on any atom is -0.344 e. The third kappa shape index (κ3) is 42.4. The Morgan fingerprint density at radius 1 is 0.419 bits per heavy atom. The van der Waals surface area contributed by atoms with E-state index in [1.54, 1.807) is 18.5 Å². The van der Waals surface area contributed by atoms with Gasteiger partial charge in [-0.25, -0.2) is 0 Å². The van der Waals surface area contributed by atoms with Crippen molar-refractivity contribution in [3.05, 3.63) is 0 Å². The molecule has 0 radical (unpaired) electrons. The summed E-state index contributed by atoms with van der Waals surface area (Å²) in [6.07, 6.45) is 32.4. The maximum Gasteiger partial charge on any atom is -0.0326 e. The van der Waals surface area contributed by atoms with Gasteiger partial charge in [0.2, 0.25) is 0 Å². The SMILES string of the molecule is Br.Br.CCCCCCCCP(CCCCCCCC)CCCCCCCC.CCP.N. The molecule has 1 nitrogen and oxygen atoms in total. The molecule has 196 valence electrons. The Hall–Kier alpha value is 1.78. The molecule has 31 heavy (non-hydrogen) atoms. The summed E-state index contributed by atoms with van der Waals surface area (Å²) in [6.45, 7) is 9.05. The Labute approximate surface area is 224 Å². The van der Waals surface area contributed by atoms with E-state index in [9.17, 15) is 0 Å². The molecule has 0 aliphatic rings. The van der Waals surface area contributed by atoms with Gasteiger partial charge in [-0.05, 0) is 43.9 Å². The van der Waals surface area contributed by atoms with Crippen LogP contribution < -0.4 is 6.15 Å². The summed E-state index contributed by atoms with van der Waals surface area (Å²) in [5.41, 5.74) is 0. The third-order valence-corrected chi connectivity index (χ3v) is 8.33. The van der Waals surface area contributed by atoms with Gasteiger partial charge in [-0.3, -0.25) is 0 Å². The van der Waals surface area contributed by atoms with E-state index >= 15 is 0 Å². The zero-order valence-electron chi connectivity index (χ0n) is 22.1. The van der Waals surface area contributed by atoms with Crippen LogP contribution in [0.1, 0.15) is 143 Å². The van der Waals surface area contributed by atoms with Crippen molar-refractivity contribution in [3.8, 4) is 0 Å². The zero-order chi connectivity index (χ0) is 21.1. The number of unbranched alkanes of at least 4 members (excludes halogenated alkanes) is 15. The molecule has 0 aliphatic carbocycles. The van der Waals surface area contributed by atoms with Gasteiger partial charge in [0, 0.05) is 0 Å². The Morgan fingerprint density at radius 3 is 0.839 bits per heavy atom. The summed E-state index contributed by atoms with van der Waals surface area (Å²) >= 11 is 0. The molecule has 0 amide bonds. The van der Waals surface area contributed by atoms with Gasteiger partial charge in [-0.1, -0.05) is 124 Å². The number of hydrogen-bond donors (Lipinski definition) is 1. The molecule has 0 aromatic carbocycles. The molecular weight excluding hydrogens is 548 g/mol. The van der Waals surface area contributed by atoms with E-state index in [2.05, 4.69) is 36.9 Å². The second kappa shape index (κ2) is 42.0. The van der Waals surface area contributed by atoms with Gasteiger partial charge >= 0.3 is 0 Å². The van der Waals surface area contributed by atoms with Crippen molar-refractivity contribution in [2.24, 2.45) is 0 Å². The van der Waals surface area contributed by atoms with E-state index in [0.29, 0.717) is 7.92 Å². The summed E-state index contributed by atoms with van der Waals surface area (Å²) in [5.74, 6) is 0. The van der Waals surface area contributed by atoms with Crippen molar-refractivity contribution in [2.45, 2.75) is 143 Å². The monoisotopic (exact) mass is 609 g/mol. The maximum absolute atomic E-state index is 2.58. The van der Waals surface area contributed by atoms with Crippen LogP contribution in [-0.4, -0.2) is 24.6 Å². The lowest BCUT2D eigenvalue weighted by atomic mass is 10.1. The van der Waals surface area contributed by atoms with Gasteiger partial charge in [0.1, 0.15) is 0 Å². The van der Waals surface area contributed by atoms with Crippen LogP contribution in [-0.2, 0) is 0 Å². The molecular formula is C26H63Br2NP2. The lowest BCUT2D eigenvalue weighted by molar-refractivity contribution is 0.617. The first kappa shape index (κ1) is 42.9. The molecule has 0 fully saturated rings. The van der Waals surface area contributed by atoms with Crippen LogP contribution in [0, 0.1) is 0 Å². The zero-order valence-corrected chi connectivity index (χ0v) is 27.6. The second-order valence-corrected chi connectivity index (χ2v) is 12.1.